The summed E-state index contributed by atoms with van der Waals surface area (Å²) in [6, 6.07) is 0.412. The van der Waals surface area contributed by atoms with E-state index in [2.05, 4.69) is 16.2 Å². The topological polar surface area (TPSA) is 53.2 Å². The lowest BCUT2D eigenvalue weighted by Crippen LogP contribution is -2.40. The molecule has 1 amide bonds. The van der Waals surface area contributed by atoms with Crippen LogP contribution in [0.15, 0.2) is 0 Å². The van der Waals surface area contributed by atoms with E-state index in [1.807, 2.05) is 0 Å². The molecular formula is C5H13Cl2N3O. The largest absolute Gasteiger partial charge is 0.315 e. The van der Waals surface area contributed by atoms with Crippen LogP contribution in [0.3, 0.4) is 0 Å². The van der Waals surface area contributed by atoms with Gasteiger partial charge in [-0.15, -0.1) is 24.8 Å². The lowest BCUT2D eigenvalue weighted by Gasteiger charge is -2.07. The number of halogens is 2. The van der Waals surface area contributed by atoms with Crippen LogP contribution < -0.4 is 16.2 Å². The van der Waals surface area contributed by atoms with Crippen molar-refractivity contribution in [1.82, 2.24) is 16.2 Å². The zero-order valence-corrected chi connectivity index (χ0v) is 7.63. The lowest BCUT2D eigenvalue weighted by molar-refractivity contribution is -0.110. The maximum atomic E-state index is 9.77. The first-order valence-corrected chi connectivity index (χ1v) is 3.09. The summed E-state index contributed by atoms with van der Waals surface area (Å²) in [7, 11) is 0. The normalized spacial score (nSPS) is 21.3. The summed E-state index contributed by atoms with van der Waals surface area (Å²) in [5.41, 5.74) is 5.27. The summed E-state index contributed by atoms with van der Waals surface area (Å²) in [6.07, 6.45) is 1.74. The minimum Gasteiger partial charge on any atom is -0.315 e. The third kappa shape index (κ3) is 5.26. The Balaban J connectivity index is 0. The lowest BCUT2D eigenvalue weighted by atomic mass is 10.3. The van der Waals surface area contributed by atoms with Crippen LogP contribution in [0, 0.1) is 0 Å². The molecule has 0 aromatic heterocycles. The Morgan fingerprint density at radius 3 is 2.64 bits per heavy atom. The zero-order valence-electron chi connectivity index (χ0n) is 6.00. The summed E-state index contributed by atoms with van der Waals surface area (Å²) >= 11 is 0. The molecule has 1 aliphatic heterocycles. The quantitative estimate of drug-likeness (QED) is 0.425. The van der Waals surface area contributed by atoms with Gasteiger partial charge in [-0.1, -0.05) is 0 Å². The molecule has 0 radical (unpaired) electrons. The summed E-state index contributed by atoms with van der Waals surface area (Å²) in [5.74, 6) is 0. The van der Waals surface area contributed by atoms with Gasteiger partial charge in [-0.3, -0.25) is 10.2 Å². The van der Waals surface area contributed by atoms with Crippen molar-refractivity contribution >= 4 is 31.2 Å². The van der Waals surface area contributed by atoms with Crippen LogP contribution in [0.4, 0.5) is 0 Å². The highest BCUT2D eigenvalue weighted by molar-refractivity contribution is 5.85. The molecule has 1 heterocycles. The number of amides is 1. The van der Waals surface area contributed by atoms with Crippen LogP contribution in [0.1, 0.15) is 6.42 Å². The highest BCUT2D eigenvalue weighted by Gasteiger charge is 2.11. The summed E-state index contributed by atoms with van der Waals surface area (Å²) < 4.78 is 0. The maximum Gasteiger partial charge on any atom is 0.221 e. The third-order valence-electron chi connectivity index (χ3n) is 1.41. The SMILES string of the molecule is Cl.Cl.O=CNNC1CCNC1. The first-order valence-electron chi connectivity index (χ1n) is 3.09. The predicted molar refractivity (Wildman–Crippen MR) is 48.1 cm³/mol. The summed E-state index contributed by atoms with van der Waals surface area (Å²) in [6.45, 7) is 1.99. The molecule has 0 aromatic carbocycles. The van der Waals surface area contributed by atoms with E-state index in [-0.39, 0.29) is 24.8 Å². The Bertz CT molecular complexity index is 97.7. The van der Waals surface area contributed by atoms with E-state index < -0.39 is 0 Å². The molecule has 6 heteroatoms. The van der Waals surface area contributed by atoms with E-state index in [1.54, 1.807) is 0 Å². The fraction of sp³-hybridized carbons (Fsp3) is 0.800. The number of hydrogen-bond donors (Lipinski definition) is 3. The molecule has 0 aliphatic carbocycles. The minimum absolute atomic E-state index is 0. The Hall–Kier alpha value is -0.0300. The number of hydrogen-bond acceptors (Lipinski definition) is 3. The molecule has 4 nitrogen and oxygen atoms in total. The van der Waals surface area contributed by atoms with Gasteiger partial charge in [0.1, 0.15) is 0 Å². The molecule has 0 aromatic rings. The smallest absolute Gasteiger partial charge is 0.221 e. The van der Waals surface area contributed by atoms with E-state index in [1.165, 1.54) is 0 Å². The van der Waals surface area contributed by atoms with Gasteiger partial charge in [-0.25, -0.2) is 5.43 Å². The van der Waals surface area contributed by atoms with Crippen LogP contribution in [0.2, 0.25) is 0 Å². The third-order valence-corrected chi connectivity index (χ3v) is 1.41. The van der Waals surface area contributed by atoms with Crippen molar-refractivity contribution in [3.63, 3.8) is 0 Å². The Labute approximate surface area is 78.3 Å². The van der Waals surface area contributed by atoms with Crippen LogP contribution in [0.5, 0.6) is 0 Å². The van der Waals surface area contributed by atoms with Gasteiger partial charge in [0.2, 0.25) is 6.41 Å². The van der Waals surface area contributed by atoms with Gasteiger partial charge in [-0.05, 0) is 13.0 Å². The molecule has 1 rings (SSSR count). The molecule has 1 aliphatic rings. The Kier molecular flexibility index (Phi) is 9.94. The minimum atomic E-state index is 0. The first kappa shape index (κ1) is 13.6. The second-order valence-electron chi connectivity index (χ2n) is 2.10. The second kappa shape index (κ2) is 8.07. The van der Waals surface area contributed by atoms with Crippen LogP contribution in [-0.2, 0) is 4.79 Å². The highest BCUT2D eigenvalue weighted by Crippen LogP contribution is 1.93. The van der Waals surface area contributed by atoms with Crippen molar-refractivity contribution in [3.05, 3.63) is 0 Å². The van der Waals surface area contributed by atoms with Crippen molar-refractivity contribution in [2.45, 2.75) is 12.5 Å². The van der Waals surface area contributed by atoms with Crippen molar-refractivity contribution in [3.8, 4) is 0 Å². The van der Waals surface area contributed by atoms with E-state index >= 15 is 0 Å². The van der Waals surface area contributed by atoms with Gasteiger partial charge in [0.25, 0.3) is 0 Å². The summed E-state index contributed by atoms with van der Waals surface area (Å²) in [4.78, 5) is 9.77. The second-order valence-corrected chi connectivity index (χ2v) is 2.10. The van der Waals surface area contributed by atoms with Crippen molar-refractivity contribution in [2.24, 2.45) is 0 Å². The van der Waals surface area contributed by atoms with Crippen LogP contribution in [-0.4, -0.2) is 25.5 Å². The Morgan fingerprint density at radius 1 is 1.45 bits per heavy atom. The number of carbonyl (C=O) groups is 1. The van der Waals surface area contributed by atoms with Gasteiger partial charge >= 0.3 is 0 Å². The molecule has 1 unspecified atom stereocenters. The number of nitrogens with one attached hydrogen (secondary N) is 3. The molecule has 0 bridgehead atoms. The van der Waals surface area contributed by atoms with Crippen LogP contribution >= 0.6 is 24.8 Å². The fourth-order valence-electron chi connectivity index (χ4n) is 0.930. The molecule has 68 valence electrons. The van der Waals surface area contributed by atoms with Gasteiger partial charge in [-0.2, -0.15) is 0 Å². The molecule has 3 N–H and O–H groups in total. The van der Waals surface area contributed by atoms with E-state index in [9.17, 15) is 4.79 Å². The molecule has 1 fully saturated rings. The number of hydrazine groups is 1. The summed E-state index contributed by atoms with van der Waals surface area (Å²) in [5, 5.41) is 3.16. The maximum absolute atomic E-state index is 9.77. The van der Waals surface area contributed by atoms with Gasteiger partial charge < -0.3 is 5.32 Å². The molecule has 1 atom stereocenters. The molecule has 1 saturated heterocycles. The molecule has 0 spiro atoms. The molecular weight excluding hydrogens is 189 g/mol. The average molecular weight is 202 g/mol. The van der Waals surface area contributed by atoms with E-state index in [0.717, 1.165) is 19.5 Å². The van der Waals surface area contributed by atoms with Gasteiger partial charge in [0.05, 0.1) is 0 Å². The fourth-order valence-corrected chi connectivity index (χ4v) is 0.930. The molecule has 11 heavy (non-hydrogen) atoms. The Morgan fingerprint density at radius 2 is 2.18 bits per heavy atom. The predicted octanol–water partition coefficient (Wildman–Crippen LogP) is -0.558. The van der Waals surface area contributed by atoms with Crippen molar-refractivity contribution < 1.29 is 4.79 Å². The zero-order chi connectivity index (χ0) is 6.53. The van der Waals surface area contributed by atoms with E-state index in [4.69, 9.17) is 0 Å². The first-order chi connectivity index (χ1) is 4.43. The van der Waals surface area contributed by atoms with Crippen LogP contribution in [0.25, 0.3) is 0 Å². The van der Waals surface area contributed by atoms with E-state index in [0.29, 0.717) is 12.5 Å². The molecule has 0 saturated carbocycles. The highest BCUT2D eigenvalue weighted by atomic mass is 35.5. The monoisotopic (exact) mass is 201 g/mol. The number of rotatable bonds is 3. The average Bonchev–Trinajstić information content (AvgIpc) is 2.34. The van der Waals surface area contributed by atoms with Crippen molar-refractivity contribution in [2.75, 3.05) is 13.1 Å². The van der Waals surface area contributed by atoms with Gasteiger partial charge in [0.15, 0.2) is 0 Å². The van der Waals surface area contributed by atoms with Crippen molar-refractivity contribution in [1.29, 1.82) is 0 Å². The van der Waals surface area contributed by atoms with Gasteiger partial charge in [0, 0.05) is 12.6 Å². The standard InChI is InChI=1S/C5H11N3O.2ClH/c9-4-7-8-5-1-2-6-3-5;;/h4-6,8H,1-3H2,(H,7,9);2*1H. The number of carbonyl (C=O) groups excluding carboxylic acids is 1.